The van der Waals surface area contributed by atoms with E-state index < -0.39 is 28.5 Å². The summed E-state index contributed by atoms with van der Waals surface area (Å²) < 4.78 is 31.9. The highest BCUT2D eigenvalue weighted by Gasteiger charge is 2.33. The number of amides is 2. The van der Waals surface area contributed by atoms with Crippen molar-refractivity contribution in [2.75, 3.05) is 23.7 Å². The van der Waals surface area contributed by atoms with Gasteiger partial charge >= 0.3 is 0 Å². The lowest BCUT2D eigenvalue weighted by atomic mass is 10.1. The Balaban J connectivity index is 1.88. The van der Waals surface area contributed by atoms with E-state index in [4.69, 9.17) is 4.74 Å². The van der Waals surface area contributed by atoms with Crippen LogP contribution in [0.25, 0.3) is 0 Å². The van der Waals surface area contributed by atoms with Crippen LogP contribution < -0.4 is 14.4 Å². The normalized spacial score (nSPS) is 14.8. The quantitative estimate of drug-likeness (QED) is 0.465. The third-order valence-electron chi connectivity index (χ3n) is 6.40. The molecule has 196 valence electrons. The largest absolute Gasteiger partial charge is 0.494 e. The summed E-state index contributed by atoms with van der Waals surface area (Å²) in [6.45, 7) is 4.02. The average molecular weight is 516 g/mol. The maximum atomic E-state index is 13.7. The van der Waals surface area contributed by atoms with E-state index in [1.807, 2.05) is 44.2 Å². The molecule has 0 spiro atoms. The number of benzene rings is 2. The van der Waals surface area contributed by atoms with Crippen molar-refractivity contribution in [3.8, 4) is 5.75 Å². The van der Waals surface area contributed by atoms with Crippen LogP contribution in [-0.4, -0.2) is 56.6 Å². The fraction of sp³-hybridized carbons (Fsp3) is 0.481. The number of nitrogens with one attached hydrogen (secondary N) is 1. The second-order valence-corrected chi connectivity index (χ2v) is 11.0. The number of hydrogen-bond donors (Lipinski definition) is 1. The van der Waals surface area contributed by atoms with Crippen LogP contribution in [0.15, 0.2) is 54.6 Å². The average Bonchev–Trinajstić information content (AvgIpc) is 3.36. The summed E-state index contributed by atoms with van der Waals surface area (Å²) >= 11 is 0. The summed E-state index contributed by atoms with van der Waals surface area (Å²) in [6, 6.07) is 15.4. The summed E-state index contributed by atoms with van der Waals surface area (Å²) in [7, 11) is -3.77. The van der Waals surface area contributed by atoms with Crippen LogP contribution in [0.3, 0.4) is 0 Å². The predicted octanol–water partition coefficient (Wildman–Crippen LogP) is 3.72. The van der Waals surface area contributed by atoms with E-state index in [1.165, 1.54) is 4.90 Å². The number of hydrogen-bond acceptors (Lipinski definition) is 5. The molecule has 0 heterocycles. The summed E-state index contributed by atoms with van der Waals surface area (Å²) in [5, 5.41) is 3.11. The molecule has 36 heavy (non-hydrogen) atoms. The molecule has 2 aromatic carbocycles. The van der Waals surface area contributed by atoms with Gasteiger partial charge in [0.1, 0.15) is 18.3 Å². The SMILES string of the molecule is CCOc1ccc(N(CC(=O)N(Cc2ccccc2)C(CC)C(=O)NC2CCCC2)S(C)(=O)=O)cc1. The van der Waals surface area contributed by atoms with Gasteiger partial charge < -0.3 is 15.0 Å². The molecule has 0 aromatic heterocycles. The Labute approximate surface area is 214 Å². The van der Waals surface area contributed by atoms with E-state index in [0.717, 1.165) is 41.8 Å². The Kier molecular flexibility index (Phi) is 9.75. The molecule has 1 aliphatic carbocycles. The molecule has 3 rings (SSSR count). The zero-order valence-electron chi connectivity index (χ0n) is 21.4. The third-order valence-corrected chi connectivity index (χ3v) is 7.54. The highest BCUT2D eigenvalue weighted by atomic mass is 32.2. The van der Waals surface area contributed by atoms with Gasteiger partial charge in [-0.1, -0.05) is 50.1 Å². The summed E-state index contributed by atoms with van der Waals surface area (Å²) in [5.74, 6) is -0.0198. The molecule has 0 aliphatic heterocycles. The summed E-state index contributed by atoms with van der Waals surface area (Å²) in [6.07, 6.45) is 5.53. The molecule has 1 N–H and O–H groups in total. The van der Waals surface area contributed by atoms with Gasteiger partial charge in [0.05, 0.1) is 18.6 Å². The molecule has 0 radical (unpaired) electrons. The van der Waals surface area contributed by atoms with Crippen LogP contribution in [0.1, 0.15) is 51.5 Å². The fourth-order valence-corrected chi connectivity index (χ4v) is 5.41. The van der Waals surface area contributed by atoms with Crippen molar-refractivity contribution >= 4 is 27.5 Å². The van der Waals surface area contributed by atoms with Crippen molar-refractivity contribution in [1.29, 1.82) is 0 Å². The smallest absolute Gasteiger partial charge is 0.244 e. The number of rotatable bonds is 12. The monoisotopic (exact) mass is 515 g/mol. The Morgan fingerprint density at radius 1 is 1.03 bits per heavy atom. The Hall–Kier alpha value is -3.07. The van der Waals surface area contributed by atoms with Crippen molar-refractivity contribution in [2.24, 2.45) is 0 Å². The minimum Gasteiger partial charge on any atom is -0.494 e. The number of anilines is 1. The summed E-state index contributed by atoms with van der Waals surface area (Å²) in [5.41, 5.74) is 1.22. The third kappa shape index (κ3) is 7.46. The molecule has 0 bridgehead atoms. The Morgan fingerprint density at radius 3 is 2.22 bits per heavy atom. The van der Waals surface area contributed by atoms with E-state index in [1.54, 1.807) is 24.3 Å². The second-order valence-electron chi connectivity index (χ2n) is 9.12. The number of carbonyl (C=O) groups is 2. The lowest BCUT2D eigenvalue weighted by Gasteiger charge is -2.33. The highest BCUT2D eigenvalue weighted by Crippen LogP contribution is 2.23. The van der Waals surface area contributed by atoms with Crippen molar-refractivity contribution in [3.05, 3.63) is 60.2 Å². The van der Waals surface area contributed by atoms with Gasteiger partial charge in [-0.05, 0) is 56.0 Å². The van der Waals surface area contributed by atoms with Crippen LogP contribution in [-0.2, 0) is 26.2 Å². The van der Waals surface area contributed by atoms with Crippen molar-refractivity contribution in [1.82, 2.24) is 10.2 Å². The first kappa shape index (κ1) is 27.5. The molecular weight excluding hydrogens is 478 g/mol. The fourth-order valence-electron chi connectivity index (χ4n) is 4.56. The second kappa shape index (κ2) is 12.8. The van der Waals surface area contributed by atoms with Crippen LogP contribution in [0.5, 0.6) is 5.75 Å². The van der Waals surface area contributed by atoms with E-state index in [2.05, 4.69) is 5.32 Å². The van der Waals surface area contributed by atoms with Crippen molar-refractivity contribution in [2.45, 2.75) is 64.6 Å². The topological polar surface area (TPSA) is 96.0 Å². The lowest BCUT2D eigenvalue weighted by Crippen LogP contribution is -2.53. The van der Waals surface area contributed by atoms with Crippen molar-refractivity contribution in [3.63, 3.8) is 0 Å². The highest BCUT2D eigenvalue weighted by molar-refractivity contribution is 7.92. The number of carbonyl (C=O) groups excluding carboxylic acids is 2. The standard InChI is InChI=1S/C27H37N3O5S/c1-4-25(27(32)28-22-13-9-10-14-22)29(19-21-11-7-6-8-12-21)26(31)20-30(36(3,33)34)23-15-17-24(18-16-23)35-5-2/h6-8,11-12,15-18,22,25H,4-5,9-10,13-14,19-20H2,1-3H3,(H,28,32). The molecular formula is C27H37N3O5S. The lowest BCUT2D eigenvalue weighted by molar-refractivity contribution is -0.140. The Bertz CT molecular complexity index is 1100. The van der Waals surface area contributed by atoms with Gasteiger partial charge in [0.25, 0.3) is 0 Å². The van der Waals surface area contributed by atoms with Crippen LogP contribution >= 0.6 is 0 Å². The molecule has 1 unspecified atom stereocenters. The van der Waals surface area contributed by atoms with Crippen molar-refractivity contribution < 1.29 is 22.7 Å². The van der Waals surface area contributed by atoms with E-state index in [9.17, 15) is 18.0 Å². The maximum absolute atomic E-state index is 13.7. The first-order valence-electron chi connectivity index (χ1n) is 12.6. The van der Waals surface area contributed by atoms with Crippen LogP contribution in [0.4, 0.5) is 5.69 Å². The van der Waals surface area contributed by atoms with Gasteiger partial charge in [-0.15, -0.1) is 0 Å². The minimum absolute atomic E-state index is 0.122. The van der Waals surface area contributed by atoms with Gasteiger partial charge in [0, 0.05) is 12.6 Å². The molecule has 1 fully saturated rings. The molecule has 2 aromatic rings. The Morgan fingerprint density at radius 2 is 1.67 bits per heavy atom. The summed E-state index contributed by atoms with van der Waals surface area (Å²) in [4.78, 5) is 28.5. The molecule has 1 atom stereocenters. The van der Waals surface area contributed by atoms with E-state index in [-0.39, 0.29) is 18.5 Å². The van der Waals surface area contributed by atoms with E-state index >= 15 is 0 Å². The molecule has 1 aliphatic rings. The maximum Gasteiger partial charge on any atom is 0.244 e. The molecule has 2 amide bonds. The number of nitrogens with zero attached hydrogens (tertiary/aromatic N) is 2. The zero-order chi connectivity index (χ0) is 26.1. The van der Waals surface area contributed by atoms with Crippen LogP contribution in [0, 0.1) is 0 Å². The number of sulfonamides is 1. The molecule has 1 saturated carbocycles. The predicted molar refractivity (Wildman–Crippen MR) is 141 cm³/mol. The van der Waals surface area contributed by atoms with Gasteiger partial charge in [0.15, 0.2) is 0 Å². The van der Waals surface area contributed by atoms with Gasteiger partial charge in [-0.3, -0.25) is 13.9 Å². The van der Waals surface area contributed by atoms with Crippen LogP contribution in [0.2, 0.25) is 0 Å². The minimum atomic E-state index is -3.77. The first-order valence-corrected chi connectivity index (χ1v) is 14.4. The molecule has 8 nitrogen and oxygen atoms in total. The zero-order valence-corrected chi connectivity index (χ0v) is 22.2. The van der Waals surface area contributed by atoms with E-state index in [0.29, 0.717) is 24.5 Å². The van der Waals surface area contributed by atoms with Gasteiger partial charge in [-0.2, -0.15) is 0 Å². The first-order chi connectivity index (χ1) is 17.2. The molecule has 0 saturated heterocycles. The van der Waals surface area contributed by atoms with Gasteiger partial charge in [-0.25, -0.2) is 8.42 Å². The van der Waals surface area contributed by atoms with Gasteiger partial charge in [0.2, 0.25) is 21.8 Å². The molecule has 9 heteroatoms. The number of ether oxygens (including phenoxy) is 1.